The van der Waals surface area contributed by atoms with Crippen LogP contribution < -0.4 is 0 Å². The molecular formula is C9H9BrO3. The Morgan fingerprint density at radius 2 is 2.23 bits per heavy atom. The number of carboxylic acid groups (broad SMARTS) is 1. The maximum absolute atomic E-state index is 10.6. The number of carbonyl (C=O) groups is 1. The number of halogens is 1. The van der Waals surface area contributed by atoms with Crippen LogP contribution in [0.15, 0.2) is 24.3 Å². The van der Waals surface area contributed by atoms with E-state index in [0.717, 1.165) is 0 Å². The fraction of sp³-hybridized carbons (Fsp3) is 0.222. The van der Waals surface area contributed by atoms with E-state index < -0.39 is 12.1 Å². The Balaban J connectivity index is 2.98. The molecule has 0 aliphatic rings. The number of hydrogen-bond acceptors (Lipinski definition) is 2. The molecule has 1 aromatic rings. The molecule has 1 aromatic carbocycles. The lowest BCUT2D eigenvalue weighted by molar-refractivity contribution is 0.0696. The molecule has 70 valence electrons. The van der Waals surface area contributed by atoms with Crippen LogP contribution in [0.2, 0.25) is 0 Å². The molecule has 0 fully saturated rings. The summed E-state index contributed by atoms with van der Waals surface area (Å²) >= 11 is 3.12. The minimum atomic E-state index is -0.983. The van der Waals surface area contributed by atoms with Gasteiger partial charge < -0.3 is 10.2 Å². The Morgan fingerprint density at radius 3 is 2.77 bits per heavy atom. The normalized spacial score (nSPS) is 12.5. The molecular weight excluding hydrogens is 236 g/mol. The summed E-state index contributed by atoms with van der Waals surface area (Å²) in [6.45, 7) is 0. The zero-order valence-electron chi connectivity index (χ0n) is 6.77. The molecule has 13 heavy (non-hydrogen) atoms. The molecule has 0 radical (unpaired) electrons. The Hall–Kier alpha value is -0.870. The number of alkyl halides is 1. The number of hydrogen-bond donors (Lipinski definition) is 2. The van der Waals surface area contributed by atoms with Gasteiger partial charge in [0, 0.05) is 5.33 Å². The molecule has 1 rings (SSSR count). The van der Waals surface area contributed by atoms with Gasteiger partial charge in [-0.2, -0.15) is 0 Å². The first-order valence-electron chi connectivity index (χ1n) is 3.72. The topological polar surface area (TPSA) is 57.5 Å². The fourth-order valence-electron chi connectivity index (χ4n) is 0.968. The smallest absolute Gasteiger partial charge is 0.335 e. The Bertz CT molecular complexity index is 311. The first-order chi connectivity index (χ1) is 6.15. The van der Waals surface area contributed by atoms with Crippen LogP contribution in [0.5, 0.6) is 0 Å². The molecule has 4 heteroatoms. The highest BCUT2D eigenvalue weighted by Gasteiger charge is 2.08. The van der Waals surface area contributed by atoms with Crippen LogP contribution in [0, 0.1) is 0 Å². The van der Waals surface area contributed by atoms with Gasteiger partial charge in [-0.05, 0) is 17.7 Å². The molecule has 1 unspecified atom stereocenters. The second kappa shape index (κ2) is 4.39. The monoisotopic (exact) mass is 244 g/mol. The van der Waals surface area contributed by atoms with Crippen LogP contribution in [-0.2, 0) is 0 Å². The average Bonchev–Trinajstić information content (AvgIpc) is 2.17. The summed E-state index contributed by atoms with van der Waals surface area (Å²) in [6, 6.07) is 6.27. The highest BCUT2D eigenvalue weighted by Crippen LogP contribution is 2.16. The second-order valence-corrected chi connectivity index (χ2v) is 3.25. The lowest BCUT2D eigenvalue weighted by atomic mass is 10.1. The number of rotatable bonds is 3. The van der Waals surface area contributed by atoms with Crippen LogP contribution >= 0.6 is 15.9 Å². The third-order valence-electron chi connectivity index (χ3n) is 1.66. The Labute approximate surface area is 84.1 Å². The largest absolute Gasteiger partial charge is 0.478 e. The summed E-state index contributed by atoms with van der Waals surface area (Å²) in [4.78, 5) is 10.6. The summed E-state index contributed by atoms with van der Waals surface area (Å²) < 4.78 is 0. The first-order valence-corrected chi connectivity index (χ1v) is 4.84. The molecule has 1 atom stereocenters. The molecule has 0 saturated heterocycles. The van der Waals surface area contributed by atoms with E-state index in [1.165, 1.54) is 12.1 Å². The SMILES string of the molecule is O=C(O)c1cccc(C(O)CBr)c1. The van der Waals surface area contributed by atoms with Gasteiger partial charge in [-0.3, -0.25) is 0 Å². The van der Waals surface area contributed by atoms with Gasteiger partial charge in [-0.1, -0.05) is 28.1 Å². The van der Waals surface area contributed by atoms with Crippen molar-refractivity contribution in [2.75, 3.05) is 5.33 Å². The van der Waals surface area contributed by atoms with Gasteiger partial charge in [-0.15, -0.1) is 0 Å². The molecule has 0 amide bonds. The molecule has 2 N–H and O–H groups in total. The zero-order chi connectivity index (χ0) is 9.84. The first kappa shape index (κ1) is 10.2. The van der Waals surface area contributed by atoms with E-state index in [0.29, 0.717) is 10.9 Å². The molecule has 0 saturated carbocycles. The Kier molecular flexibility index (Phi) is 3.45. The third-order valence-corrected chi connectivity index (χ3v) is 2.28. The van der Waals surface area contributed by atoms with Gasteiger partial charge in [0.1, 0.15) is 0 Å². The minimum absolute atomic E-state index is 0.192. The lowest BCUT2D eigenvalue weighted by Crippen LogP contribution is -2.02. The van der Waals surface area contributed by atoms with Crippen molar-refractivity contribution in [3.63, 3.8) is 0 Å². The number of carboxylic acids is 1. The molecule has 0 aromatic heterocycles. The molecule has 0 spiro atoms. The molecule has 0 aliphatic heterocycles. The van der Waals surface area contributed by atoms with Crippen LogP contribution in [0.3, 0.4) is 0 Å². The van der Waals surface area contributed by atoms with Crippen molar-refractivity contribution in [1.29, 1.82) is 0 Å². The standard InChI is InChI=1S/C9H9BrO3/c10-5-8(11)6-2-1-3-7(4-6)9(12)13/h1-4,8,11H,5H2,(H,12,13). The van der Waals surface area contributed by atoms with E-state index in [9.17, 15) is 9.90 Å². The molecule has 3 nitrogen and oxygen atoms in total. The summed E-state index contributed by atoms with van der Waals surface area (Å²) in [6.07, 6.45) is -0.653. The van der Waals surface area contributed by atoms with Gasteiger partial charge >= 0.3 is 5.97 Å². The molecule has 0 bridgehead atoms. The predicted octanol–water partition coefficient (Wildman–Crippen LogP) is 1.81. The highest BCUT2D eigenvalue weighted by molar-refractivity contribution is 9.09. The third kappa shape index (κ3) is 2.54. The number of aliphatic hydroxyl groups is 1. The van der Waals surface area contributed by atoms with E-state index in [4.69, 9.17) is 5.11 Å². The van der Waals surface area contributed by atoms with Gasteiger partial charge in [0.05, 0.1) is 11.7 Å². The van der Waals surface area contributed by atoms with Gasteiger partial charge in [0.25, 0.3) is 0 Å². The maximum atomic E-state index is 10.6. The van der Waals surface area contributed by atoms with Gasteiger partial charge in [-0.25, -0.2) is 4.79 Å². The zero-order valence-corrected chi connectivity index (χ0v) is 8.36. The Morgan fingerprint density at radius 1 is 1.54 bits per heavy atom. The highest BCUT2D eigenvalue weighted by atomic mass is 79.9. The van der Waals surface area contributed by atoms with Crippen molar-refractivity contribution in [3.8, 4) is 0 Å². The average molecular weight is 245 g/mol. The number of benzene rings is 1. The minimum Gasteiger partial charge on any atom is -0.478 e. The van der Waals surface area contributed by atoms with Crippen LogP contribution in [0.25, 0.3) is 0 Å². The van der Waals surface area contributed by atoms with Crippen molar-refractivity contribution < 1.29 is 15.0 Å². The van der Waals surface area contributed by atoms with Crippen molar-refractivity contribution >= 4 is 21.9 Å². The van der Waals surface area contributed by atoms with E-state index in [-0.39, 0.29) is 5.56 Å². The number of aromatic carboxylic acids is 1. The van der Waals surface area contributed by atoms with Crippen molar-refractivity contribution in [2.45, 2.75) is 6.10 Å². The quantitative estimate of drug-likeness (QED) is 0.798. The summed E-state index contributed by atoms with van der Waals surface area (Å²) in [5, 5.41) is 18.5. The van der Waals surface area contributed by atoms with Crippen molar-refractivity contribution in [3.05, 3.63) is 35.4 Å². The predicted molar refractivity (Wildman–Crippen MR) is 52.2 cm³/mol. The maximum Gasteiger partial charge on any atom is 0.335 e. The second-order valence-electron chi connectivity index (χ2n) is 2.60. The van der Waals surface area contributed by atoms with Crippen molar-refractivity contribution in [1.82, 2.24) is 0 Å². The summed E-state index contributed by atoms with van der Waals surface area (Å²) in [5.41, 5.74) is 0.800. The van der Waals surface area contributed by atoms with Crippen LogP contribution in [-0.4, -0.2) is 21.5 Å². The molecule has 0 aliphatic carbocycles. The van der Waals surface area contributed by atoms with Crippen LogP contribution in [0.1, 0.15) is 22.0 Å². The van der Waals surface area contributed by atoms with Crippen molar-refractivity contribution in [2.24, 2.45) is 0 Å². The molecule has 0 heterocycles. The van der Waals surface area contributed by atoms with E-state index in [2.05, 4.69) is 15.9 Å². The van der Waals surface area contributed by atoms with E-state index >= 15 is 0 Å². The summed E-state index contributed by atoms with van der Waals surface area (Å²) in [7, 11) is 0. The number of aliphatic hydroxyl groups excluding tert-OH is 1. The summed E-state index contributed by atoms with van der Waals surface area (Å²) in [5.74, 6) is -0.983. The van der Waals surface area contributed by atoms with Crippen LogP contribution in [0.4, 0.5) is 0 Å². The fourth-order valence-corrected chi connectivity index (χ4v) is 1.34. The van der Waals surface area contributed by atoms with E-state index in [1.54, 1.807) is 12.1 Å². The van der Waals surface area contributed by atoms with Gasteiger partial charge in [0.15, 0.2) is 0 Å². The van der Waals surface area contributed by atoms with E-state index in [1.807, 2.05) is 0 Å². The lowest BCUT2D eigenvalue weighted by Gasteiger charge is -2.07. The van der Waals surface area contributed by atoms with Gasteiger partial charge in [0.2, 0.25) is 0 Å².